The number of hydrogen-bond acceptors (Lipinski definition) is 3. The zero-order valence-corrected chi connectivity index (χ0v) is 9.78. The van der Waals surface area contributed by atoms with Gasteiger partial charge in [0, 0.05) is 24.4 Å². The Labute approximate surface area is 90.8 Å². The second-order valence-corrected chi connectivity index (χ2v) is 6.53. The van der Waals surface area contributed by atoms with E-state index in [9.17, 15) is 0 Å². The Balaban J connectivity index is 1.56. The van der Waals surface area contributed by atoms with Crippen LogP contribution in [0.5, 0.6) is 0 Å². The Morgan fingerprint density at radius 1 is 1.29 bits per heavy atom. The number of nitrogens with one attached hydrogen (secondary N) is 1. The molecule has 1 saturated carbocycles. The monoisotopic (exact) mass is 212 g/mol. The van der Waals surface area contributed by atoms with Crippen molar-refractivity contribution in [1.82, 2.24) is 10.2 Å². The molecule has 3 rings (SSSR count). The highest BCUT2D eigenvalue weighted by molar-refractivity contribution is 8.00. The van der Waals surface area contributed by atoms with Crippen molar-refractivity contribution in [2.24, 2.45) is 11.8 Å². The number of thioether (sulfide) groups is 1. The van der Waals surface area contributed by atoms with E-state index in [1.54, 1.807) is 0 Å². The van der Waals surface area contributed by atoms with Crippen LogP contribution in [0.4, 0.5) is 0 Å². The molecule has 2 nitrogen and oxygen atoms in total. The molecular formula is C11H20N2S. The van der Waals surface area contributed by atoms with Gasteiger partial charge in [-0.05, 0) is 44.0 Å². The average molecular weight is 212 g/mol. The van der Waals surface area contributed by atoms with Crippen LogP contribution in [-0.2, 0) is 0 Å². The lowest BCUT2D eigenvalue weighted by atomic mass is 10.0. The van der Waals surface area contributed by atoms with Gasteiger partial charge in [-0.15, -0.1) is 0 Å². The van der Waals surface area contributed by atoms with Crippen LogP contribution < -0.4 is 5.32 Å². The molecule has 0 spiro atoms. The number of hydrogen-bond donors (Lipinski definition) is 1. The second-order valence-electron chi connectivity index (χ2n) is 5.26. The molecule has 2 aliphatic heterocycles. The van der Waals surface area contributed by atoms with Crippen molar-refractivity contribution in [2.75, 3.05) is 39.0 Å². The zero-order valence-electron chi connectivity index (χ0n) is 8.96. The maximum atomic E-state index is 3.51. The predicted octanol–water partition coefficient (Wildman–Crippen LogP) is 1.03. The van der Waals surface area contributed by atoms with Crippen molar-refractivity contribution >= 4 is 11.8 Å². The van der Waals surface area contributed by atoms with Crippen LogP contribution in [0, 0.1) is 11.8 Å². The molecule has 0 unspecified atom stereocenters. The van der Waals surface area contributed by atoms with Crippen LogP contribution in [0.1, 0.15) is 12.8 Å². The zero-order chi connectivity index (χ0) is 9.60. The van der Waals surface area contributed by atoms with Gasteiger partial charge in [0.2, 0.25) is 0 Å². The molecule has 2 saturated heterocycles. The van der Waals surface area contributed by atoms with Crippen LogP contribution in [0.25, 0.3) is 0 Å². The Bertz CT molecular complexity index is 215. The van der Waals surface area contributed by atoms with E-state index in [1.165, 1.54) is 45.6 Å². The molecule has 0 amide bonds. The van der Waals surface area contributed by atoms with Gasteiger partial charge >= 0.3 is 0 Å². The normalized spacial score (nSPS) is 40.1. The first-order valence-electron chi connectivity index (χ1n) is 5.80. The lowest BCUT2D eigenvalue weighted by Gasteiger charge is -2.22. The number of fused-ring (bicyclic) bond motifs is 1. The van der Waals surface area contributed by atoms with Gasteiger partial charge in [0.05, 0.1) is 0 Å². The third-order valence-corrected chi connectivity index (χ3v) is 5.62. The third kappa shape index (κ3) is 1.59. The number of nitrogens with zero attached hydrogens (tertiary/aromatic N) is 1. The molecule has 2 atom stereocenters. The van der Waals surface area contributed by atoms with Crippen molar-refractivity contribution in [3.8, 4) is 0 Å². The molecule has 14 heavy (non-hydrogen) atoms. The third-order valence-electron chi connectivity index (χ3n) is 4.22. The molecule has 0 aromatic carbocycles. The summed E-state index contributed by atoms with van der Waals surface area (Å²) in [5.74, 6) is 1.93. The molecule has 0 bridgehead atoms. The Morgan fingerprint density at radius 2 is 1.93 bits per heavy atom. The molecular weight excluding hydrogens is 192 g/mol. The van der Waals surface area contributed by atoms with E-state index in [1.807, 2.05) is 0 Å². The molecule has 2 heterocycles. The van der Waals surface area contributed by atoms with Crippen molar-refractivity contribution in [3.05, 3.63) is 0 Å². The Morgan fingerprint density at radius 3 is 2.43 bits per heavy atom. The highest BCUT2D eigenvalue weighted by Gasteiger charge is 2.46. The summed E-state index contributed by atoms with van der Waals surface area (Å²) in [6.07, 6.45) is 5.20. The lowest BCUT2D eigenvalue weighted by molar-refractivity contribution is 0.310. The first-order chi connectivity index (χ1) is 6.81. The highest BCUT2D eigenvalue weighted by atomic mass is 32.2. The fraction of sp³-hybridized carbons (Fsp3) is 1.00. The SMILES string of the molecule is CSC1(CN2C[C@H]3CNC[C@H]3C2)CC1. The van der Waals surface area contributed by atoms with E-state index in [0.717, 1.165) is 11.8 Å². The Hall–Kier alpha value is 0.270. The summed E-state index contributed by atoms with van der Waals surface area (Å²) >= 11 is 2.10. The molecule has 3 fully saturated rings. The topological polar surface area (TPSA) is 15.3 Å². The van der Waals surface area contributed by atoms with Crippen LogP contribution in [0.15, 0.2) is 0 Å². The minimum atomic E-state index is 0.673. The molecule has 80 valence electrons. The second kappa shape index (κ2) is 3.39. The number of rotatable bonds is 3. The van der Waals surface area contributed by atoms with Gasteiger partial charge in [-0.3, -0.25) is 0 Å². The van der Waals surface area contributed by atoms with E-state index in [2.05, 4.69) is 28.2 Å². The predicted molar refractivity (Wildman–Crippen MR) is 61.8 cm³/mol. The van der Waals surface area contributed by atoms with Crippen molar-refractivity contribution in [2.45, 2.75) is 17.6 Å². The van der Waals surface area contributed by atoms with Crippen LogP contribution >= 0.6 is 11.8 Å². The molecule has 3 aliphatic rings. The van der Waals surface area contributed by atoms with Gasteiger partial charge in [-0.25, -0.2) is 0 Å². The maximum Gasteiger partial charge on any atom is 0.0285 e. The minimum Gasteiger partial charge on any atom is -0.316 e. The summed E-state index contributed by atoms with van der Waals surface area (Å²) in [5.41, 5.74) is 0. The van der Waals surface area contributed by atoms with Crippen molar-refractivity contribution in [3.63, 3.8) is 0 Å². The van der Waals surface area contributed by atoms with Gasteiger partial charge < -0.3 is 10.2 Å². The van der Waals surface area contributed by atoms with E-state index >= 15 is 0 Å². The molecule has 0 radical (unpaired) electrons. The van der Waals surface area contributed by atoms with E-state index in [4.69, 9.17) is 0 Å². The Kier molecular flexibility index (Phi) is 2.30. The highest BCUT2D eigenvalue weighted by Crippen LogP contribution is 2.48. The van der Waals surface area contributed by atoms with Crippen molar-refractivity contribution < 1.29 is 0 Å². The summed E-state index contributed by atoms with van der Waals surface area (Å²) in [6.45, 7) is 6.63. The molecule has 1 N–H and O–H groups in total. The summed E-state index contributed by atoms with van der Waals surface area (Å²) < 4.78 is 0.673. The first-order valence-corrected chi connectivity index (χ1v) is 7.02. The summed E-state index contributed by atoms with van der Waals surface area (Å²) in [5, 5.41) is 3.51. The molecule has 0 aromatic rings. The van der Waals surface area contributed by atoms with Gasteiger partial charge in [-0.1, -0.05) is 0 Å². The van der Waals surface area contributed by atoms with Gasteiger partial charge in [0.1, 0.15) is 0 Å². The molecule has 1 aliphatic carbocycles. The summed E-state index contributed by atoms with van der Waals surface area (Å²) in [7, 11) is 0. The van der Waals surface area contributed by atoms with Crippen molar-refractivity contribution in [1.29, 1.82) is 0 Å². The standard InChI is InChI=1S/C11H20N2S/c1-14-11(2-3-11)8-13-6-9-4-12-5-10(9)7-13/h9-10,12H,2-8H2,1H3/t9-,10+. The smallest absolute Gasteiger partial charge is 0.0285 e. The van der Waals surface area contributed by atoms with Crippen LogP contribution in [0.2, 0.25) is 0 Å². The minimum absolute atomic E-state index is 0.673. The van der Waals surface area contributed by atoms with Gasteiger partial charge in [0.15, 0.2) is 0 Å². The molecule has 0 aromatic heterocycles. The number of likely N-dealkylation sites (tertiary alicyclic amines) is 1. The summed E-state index contributed by atoms with van der Waals surface area (Å²) in [4.78, 5) is 2.72. The molecule has 3 heteroatoms. The first kappa shape index (κ1) is 9.49. The average Bonchev–Trinajstić information content (AvgIpc) is 2.62. The lowest BCUT2D eigenvalue weighted by Crippen LogP contribution is -2.32. The summed E-state index contributed by atoms with van der Waals surface area (Å²) in [6, 6.07) is 0. The van der Waals surface area contributed by atoms with Gasteiger partial charge in [0.25, 0.3) is 0 Å². The maximum absolute atomic E-state index is 3.51. The fourth-order valence-corrected chi connectivity index (χ4v) is 3.88. The van der Waals surface area contributed by atoms with E-state index in [-0.39, 0.29) is 0 Å². The van der Waals surface area contributed by atoms with E-state index < -0.39 is 0 Å². The van der Waals surface area contributed by atoms with Crippen LogP contribution in [0.3, 0.4) is 0 Å². The fourth-order valence-electron chi connectivity index (χ4n) is 3.06. The van der Waals surface area contributed by atoms with E-state index in [0.29, 0.717) is 4.75 Å². The quantitative estimate of drug-likeness (QED) is 0.752. The van der Waals surface area contributed by atoms with Crippen LogP contribution in [-0.4, -0.2) is 48.6 Å². The van der Waals surface area contributed by atoms with Gasteiger partial charge in [-0.2, -0.15) is 11.8 Å². The largest absolute Gasteiger partial charge is 0.316 e.